The number of piperidine rings is 1. The fraction of sp³-hybridized carbons (Fsp3) is 0.556. The quantitative estimate of drug-likeness (QED) is 0.774. The monoisotopic (exact) mass is 381 g/mol. The standard InChI is InChI=1S/C18H27N3O4S/c1-13(2)19-18(23)14-8-10-21(11-9-14)12-17(22)20-15-4-6-16(7-5-15)26(3,24)25/h4-7,13-14H,8-12H2,1-3H3,(H,19,23)(H,20,22). The highest BCUT2D eigenvalue weighted by Crippen LogP contribution is 2.18. The lowest BCUT2D eigenvalue weighted by molar-refractivity contribution is -0.127. The summed E-state index contributed by atoms with van der Waals surface area (Å²) < 4.78 is 22.9. The molecule has 0 aromatic heterocycles. The molecule has 1 heterocycles. The molecule has 2 N–H and O–H groups in total. The molecule has 1 aliphatic heterocycles. The van der Waals surface area contributed by atoms with Gasteiger partial charge in [0.2, 0.25) is 11.8 Å². The van der Waals surface area contributed by atoms with Gasteiger partial charge in [0.05, 0.1) is 11.4 Å². The van der Waals surface area contributed by atoms with Crippen LogP contribution in [0.25, 0.3) is 0 Å². The number of benzene rings is 1. The smallest absolute Gasteiger partial charge is 0.238 e. The molecule has 8 heteroatoms. The lowest BCUT2D eigenvalue weighted by Crippen LogP contribution is -2.44. The summed E-state index contributed by atoms with van der Waals surface area (Å²) in [6.45, 7) is 5.55. The first-order valence-electron chi connectivity index (χ1n) is 8.78. The molecule has 0 unspecified atom stereocenters. The number of likely N-dealkylation sites (tertiary alicyclic amines) is 1. The number of hydrogen-bond acceptors (Lipinski definition) is 5. The van der Waals surface area contributed by atoms with E-state index in [-0.39, 0.29) is 35.2 Å². The highest BCUT2D eigenvalue weighted by atomic mass is 32.2. The molecule has 1 fully saturated rings. The lowest BCUT2D eigenvalue weighted by Gasteiger charge is -2.31. The molecule has 2 rings (SSSR count). The van der Waals surface area contributed by atoms with Crippen LogP contribution in [0, 0.1) is 5.92 Å². The van der Waals surface area contributed by atoms with Crippen LogP contribution in [0.15, 0.2) is 29.2 Å². The van der Waals surface area contributed by atoms with E-state index < -0.39 is 9.84 Å². The Labute approximate surface area is 155 Å². The Morgan fingerprint density at radius 3 is 2.23 bits per heavy atom. The molecular weight excluding hydrogens is 354 g/mol. The molecule has 1 saturated heterocycles. The summed E-state index contributed by atoms with van der Waals surface area (Å²) in [4.78, 5) is 26.4. The van der Waals surface area contributed by atoms with Crippen LogP contribution in [0.3, 0.4) is 0 Å². The first-order chi connectivity index (χ1) is 12.1. The van der Waals surface area contributed by atoms with E-state index in [1.165, 1.54) is 12.1 Å². The summed E-state index contributed by atoms with van der Waals surface area (Å²) in [5.74, 6) is -0.0440. The van der Waals surface area contributed by atoms with Crippen LogP contribution < -0.4 is 10.6 Å². The number of anilines is 1. The summed E-state index contributed by atoms with van der Waals surface area (Å²) in [6.07, 6.45) is 2.63. The molecule has 2 amide bonds. The molecule has 26 heavy (non-hydrogen) atoms. The van der Waals surface area contributed by atoms with Gasteiger partial charge in [-0.3, -0.25) is 14.5 Å². The Morgan fingerprint density at radius 2 is 1.73 bits per heavy atom. The van der Waals surface area contributed by atoms with Gasteiger partial charge in [0.15, 0.2) is 9.84 Å². The molecule has 1 aromatic rings. The Morgan fingerprint density at radius 1 is 1.15 bits per heavy atom. The number of nitrogens with zero attached hydrogens (tertiary/aromatic N) is 1. The van der Waals surface area contributed by atoms with Crippen LogP contribution in [-0.4, -0.2) is 57.1 Å². The van der Waals surface area contributed by atoms with Crippen molar-refractivity contribution in [1.82, 2.24) is 10.2 Å². The molecule has 1 aromatic carbocycles. The van der Waals surface area contributed by atoms with Crippen molar-refractivity contribution in [3.8, 4) is 0 Å². The zero-order valence-electron chi connectivity index (χ0n) is 15.5. The van der Waals surface area contributed by atoms with Crippen molar-refractivity contribution >= 4 is 27.3 Å². The van der Waals surface area contributed by atoms with Crippen LogP contribution in [-0.2, 0) is 19.4 Å². The van der Waals surface area contributed by atoms with Gasteiger partial charge in [0, 0.05) is 23.9 Å². The number of hydrogen-bond donors (Lipinski definition) is 2. The summed E-state index contributed by atoms with van der Waals surface area (Å²) in [5, 5.41) is 5.71. The van der Waals surface area contributed by atoms with Crippen LogP contribution in [0.4, 0.5) is 5.69 Å². The molecule has 0 saturated carbocycles. The minimum absolute atomic E-state index is 0.0141. The van der Waals surface area contributed by atoms with Crippen LogP contribution in [0.1, 0.15) is 26.7 Å². The van der Waals surface area contributed by atoms with E-state index in [1.54, 1.807) is 12.1 Å². The molecule has 0 atom stereocenters. The highest BCUT2D eigenvalue weighted by Gasteiger charge is 2.26. The Hall–Kier alpha value is -1.93. The summed E-state index contributed by atoms with van der Waals surface area (Å²) in [6, 6.07) is 6.25. The molecular formula is C18H27N3O4S. The van der Waals surface area contributed by atoms with Gasteiger partial charge in [-0.25, -0.2) is 8.42 Å². The third kappa shape index (κ3) is 6.10. The summed E-state index contributed by atoms with van der Waals surface area (Å²) in [7, 11) is -3.24. The van der Waals surface area contributed by atoms with E-state index in [1.807, 2.05) is 18.7 Å². The minimum Gasteiger partial charge on any atom is -0.354 e. The number of nitrogens with one attached hydrogen (secondary N) is 2. The summed E-state index contributed by atoms with van der Waals surface area (Å²) in [5.41, 5.74) is 0.564. The van der Waals surface area contributed by atoms with E-state index in [0.29, 0.717) is 18.8 Å². The molecule has 0 bridgehead atoms. The van der Waals surface area contributed by atoms with Crippen LogP contribution in [0.5, 0.6) is 0 Å². The number of amides is 2. The maximum atomic E-state index is 12.2. The maximum Gasteiger partial charge on any atom is 0.238 e. The van der Waals surface area contributed by atoms with Gasteiger partial charge in [0.1, 0.15) is 0 Å². The van der Waals surface area contributed by atoms with Crippen molar-refractivity contribution < 1.29 is 18.0 Å². The number of rotatable bonds is 6. The molecule has 144 valence electrons. The van der Waals surface area contributed by atoms with Crippen molar-refractivity contribution in [1.29, 1.82) is 0 Å². The van der Waals surface area contributed by atoms with Gasteiger partial charge in [-0.15, -0.1) is 0 Å². The van der Waals surface area contributed by atoms with E-state index in [9.17, 15) is 18.0 Å². The van der Waals surface area contributed by atoms with Gasteiger partial charge in [-0.05, 0) is 64.0 Å². The fourth-order valence-electron chi connectivity index (χ4n) is 2.94. The van der Waals surface area contributed by atoms with Gasteiger partial charge in [-0.1, -0.05) is 0 Å². The lowest BCUT2D eigenvalue weighted by atomic mass is 9.95. The fourth-order valence-corrected chi connectivity index (χ4v) is 3.58. The van der Waals surface area contributed by atoms with E-state index in [4.69, 9.17) is 0 Å². The topological polar surface area (TPSA) is 95.6 Å². The molecule has 1 aliphatic rings. The second-order valence-corrected chi connectivity index (χ2v) is 9.07. The second kappa shape index (κ2) is 8.64. The maximum absolute atomic E-state index is 12.2. The van der Waals surface area contributed by atoms with Crippen LogP contribution >= 0.6 is 0 Å². The van der Waals surface area contributed by atoms with Crippen molar-refractivity contribution in [2.75, 3.05) is 31.2 Å². The van der Waals surface area contributed by atoms with Crippen molar-refractivity contribution in [2.45, 2.75) is 37.6 Å². The van der Waals surface area contributed by atoms with Crippen molar-refractivity contribution in [2.24, 2.45) is 5.92 Å². The molecule has 7 nitrogen and oxygen atoms in total. The van der Waals surface area contributed by atoms with Crippen molar-refractivity contribution in [3.63, 3.8) is 0 Å². The zero-order valence-corrected chi connectivity index (χ0v) is 16.3. The second-order valence-electron chi connectivity index (χ2n) is 7.06. The predicted octanol–water partition coefficient (Wildman–Crippen LogP) is 1.27. The van der Waals surface area contributed by atoms with Gasteiger partial charge in [-0.2, -0.15) is 0 Å². The minimum atomic E-state index is -3.24. The number of carbonyl (C=O) groups is 2. The molecule has 0 aliphatic carbocycles. The van der Waals surface area contributed by atoms with Crippen LogP contribution in [0.2, 0.25) is 0 Å². The third-order valence-electron chi connectivity index (χ3n) is 4.32. The normalized spacial score (nSPS) is 16.5. The highest BCUT2D eigenvalue weighted by molar-refractivity contribution is 7.90. The first-order valence-corrected chi connectivity index (χ1v) is 10.7. The summed E-state index contributed by atoms with van der Waals surface area (Å²) >= 11 is 0. The van der Waals surface area contributed by atoms with E-state index >= 15 is 0 Å². The Balaban J connectivity index is 1.79. The Bertz CT molecular complexity index is 736. The van der Waals surface area contributed by atoms with E-state index in [0.717, 1.165) is 19.1 Å². The van der Waals surface area contributed by atoms with Crippen molar-refractivity contribution in [3.05, 3.63) is 24.3 Å². The average molecular weight is 381 g/mol. The molecule has 0 radical (unpaired) electrons. The predicted molar refractivity (Wildman–Crippen MR) is 101 cm³/mol. The Kier molecular flexibility index (Phi) is 6.77. The molecule has 0 spiro atoms. The third-order valence-corrected chi connectivity index (χ3v) is 5.45. The largest absolute Gasteiger partial charge is 0.354 e. The number of sulfone groups is 1. The van der Waals surface area contributed by atoms with Gasteiger partial charge < -0.3 is 10.6 Å². The van der Waals surface area contributed by atoms with Gasteiger partial charge >= 0.3 is 0 Å². The SMILES string of the molecule is CC(C)NC(=O)C1CCN(CC(=O)Nc2ccc(S(C)(=O)=O)cc2)CC1. The van der Waals surface area contributed by atoms with Gasteiger partial charge in [0.25, 0.3) is 0 Å². The average Bonchev–Trinajstić information content (AvgIpc) is 2.54. The zero-order chi connectivity index (χ0) is 19.3. The first kappa shape index (κ1) is 20.4. The number of carbonyl (C=O) groups excluding carboxylic acids is 2. The van der Waals surface area contributed by atoms with E-state index in [2.05, 4.69) is 10.6 Å².